The van der Waals surface area contributed by atoms with Gasteiger partial charge >= 0.3 is 5.97 Å². The Labute approximate surface area is 86.8 Å². The third-order valence-electron chi connectivity index (χ3n) is 2.03. The highest BCUT2D eigenvalue weighted by molar-refractivity contribution is 5.94. The normalized spacial score (nSPS) is 11.9. The summed E-state index contributed by atoms with van der Waals surface area (Å²) in [7, 11) is 1.45. The third kappa shape index (κ3) is 2.34. The van der Waals surface area contributed by atoms with E-state index in [1.807, 2.05) is 0 Å². The van der Waals surface area contributed by atoms with E-state index in [9.17, 15) is 9.18 Å². The number of ether oxygens (including phenoxy) is 1. The van der Waals surface area contributed by atoms with Crippen LogP contribution < -0.4 is 4.74 Å². The highest BCUT2D eigenvalue weighted by Crippen LogP contribution is 2.27. The highest BCUT2D eigenvalue weighted by Gasteiger charge is 2.14. The Morgan fingerprint density at radius 3 is 2.53 bits per heavy atom. The van der Waals surface area contributed by atoms with Crippen LogP contribution in [-0.4, -0.2) is 18.2 Å². The lowest BCUT2D eigenvalue weighted by molar-refractivity contribution is -0.134. The lowest BCUT2D eigenvalue weighted by Crippen LogP contribution is -1.99. The molecule has 0 unspecified atom stereocenters. The summed E-state index contributed by atoms with van der Waals surface area (Å²) in [6, 6.07) is 6.68. The number of rotatable bonds is 3. The number of para-hydroxylation sites is 1. The second kappa shape index (κ2) is 4.59. The van der Waals surface area contributed by atoms with Crippen molar-refractivity contribution in [2.75, 3.05) is 7.11 Å². The molecule has 0 amide bonds. The van der Waals surface area contributed by atoms with Crippen LogP contribution in [0.5, 0.6) is 5.75 Å². The number of carboxylic acid groups (broad SMARTS) is 1. The van der Waals surface area contributed by atoms with Crippen LogP contribution in [0.25, 0.3) is 5.57 Å². The van der Waals surface area contributed by atoms with Gasteiger partial charge in [0.2, 0.25) is 5.83 Å². The van der Waals surface area contributed by atoms with Crippen LogP contribution in [0.15, 0.2) is 30.1 Å². The molecular weight excluding hydrogens is 199 g/mol. The van der Waals surface area contributed by atoms with Crippen LogP contribution in [0.1, 0.15) is 12.5 Å². The van der Waals surface area contributed by atoms with E-state index >= 15 is 0 Å². The fourth-order valence-electron chi connectivity index (χ4n) is 1.23. The monoisotopic (exact) mass is 210 g/mol. The van der Waals surface area contributed by atoms with Crippen LogP contribution >= 0.6 is 0 Å². The first-order chi connectivity index (χ1) is 7.07. The molecule has 0 heterocycles. The summed E-state index contributed by atoms with van der Waals surface area (Å²) in [4.78, 5) is 10.4. The lowest BCUT2D eigenvalue weighted by Gasteiger charge is -2.08. The number of carboxylic acids is 1. The Kier molecular flexibility index (Phi) is 3.44. The zero-order valence-corrected chi connectivity index (χ0v) is 8.45. The number of aliphatic carboxylic acids is 1. The quantitative estimate of drug-likeness (QED) is 0.779. The van der Waals surface area contributed by atoms with E-state index in [2.05, 4.69) is 0 Å². The maximum absolute atomic E-state index is 13.1. The maximum Gasteiger partial charge on any atom is 0.365 e. The van der Waals surface area contributed by atoms with Crippen molar-refractivity contribution in [3.05, 3.63) is 35.7 Å². The lowest BCUT2D eigenvalue weighted by atomic mass is 10.1. The van der Waals surface area contributed by atoms with Gasteiger partial charge < -0.3 is 9.84 Å². The molecule has 0 saturated heterocycles. The SMILES string of the molecule is COc1ccccc1/C(C)=C(/F)C(=O)O. The van der Waals surface area contributed by atoms with Crippen molar-refractivity contribution < 1.29 is 19.0 Å². The molecule has 0 saturated carbocycles. The van der Waals surface area contributed by atoms with E-state index < -0.39 is 11.8 Å². The van der Waals surface area contributed by atoms with Crippen molar-refractivity contribution in [2.24, 2.45) is 0 Å². The maximum atomic E-state index is 13.1. The number of allylic oxidation sites excluding steroid dienone is 1. The van der Waals surface area contributed by atoms with E-state index in [4.69, 9.17) is 9.84 Å². The summed E-state index contributed by atoms with van der Waals surface area (Å²) >= 11 is 0. The summed E-state index contributed by atoms with van der Waals surface area (Å²) in [5.74, 6) is -2.29. The summed E-state index contributed by atoms with van der Waals surface area (Å²) in [5.41, 5.74) is 0.500. The van der Waals surface area contributed by atoms with Crippen LogP contribution in [0.4, 0.5) is 4.39 Å². The molecule has 0 aliphatic carbocycles. The van der Waals surface area contributed by atoms with Gasteiger partial charge in [-0.05, 0) is 13.0 Å². The zero-order chi connectivity index (χ0) is 11.4. The fraction of sp³-hybridized carbons (Fsp3) is 0.182. The van der Waals surface area contributed by atoms with Crippen molar-refractivity contribution in [3.8, 4) is 5.75 Å². The van der Waals surface area contributed by atoms with Gasteiger partial charge in [0.1, 0.15) is 5.75 Å². The molecule has 1 rings (SSSR count). The topological polar surface area (TPSA) is 46.5 Å². The minimum atomic E-state index is -1.57. The van der Waals surface area contributed by atoms with Gasteiger partial charge in [-0.3, -0.25) is 0 Å². The Hall–Kier alpha value is -1.84. The van der Waals surface area contributed by atoms with Gasteiger partial charge in [-0.2, -0.15) is 4.39 Å². The Bertz CT molecular complexity index is 410. The molecule has 0 atom stereocenters. The fourth-order valence-corrected chi connectivity index (χ4v) is 1.23. The van der Waals surface area contributed by atoms with E-state index in [0.717, 1.165) is 0 Å². The molecule has 1 N–H and O–H groups in total. The molecule has 80 valence electrons. The molecule has 0 aliphatic heterocycles. The molecule has 15 heavy (non-hydrogen) atoms. The molecule has 0 aliphatic rings. The molecule has 0 spiro atoms. The minimum absolute atomic E-state index is 0.0555. The second-order valence-corrected chi connectivity index (χ2v) is 2.94. The zero-order valence-electron chi connectivity index (χ0n) is 8.45. The number of hydrogen-bond acceptors (Lipinski definition) is 2. The van der Waals surface area contributed by atoms with E-state index in [1.54, 1.807) is 24.3 Å². The van der Waals surface area contributed by atoms with E-state index in [0.29, 0.717) is 11.3 Å². The smallest absolute Gasteiger partial charge is 0.365 e. The predicted molar refractivity (Wildman–Crippen MR) is 54.3 cm³/mol. The molecule has 3 nitrogen and oxygen atoms in total. The average molecular weight is 210 g/mol. The largest absolute Gasteiger partial charge is 0.496 e. The van der Waals surface area contributed by atoms with Crippen LogP contribution in [0.2, 0.25) is 0 Å². The van der Waals surface area contributed by atoms with Gasteiger partial charge in [-0.15, -0.1) is 0 Å². The molecule has 0 bridgehead atoms. The summed E-state index contributed by atoms with van der Waals surface area (Å²) in [6.07, 6.45) is 0. The van der Waals surface area contributed by atoms with Gasteiger partial charge in [0.05, 0.1) is 7.11 Å². The van der Waals surface area contributed by atoms with Crippen molar-refractivity contribution in [1.82, 2.24) is 0 Å². The first-order valence-electron chi connectivity index (χ1n) is 4.31. The van der Waals surface area contributed by atoms with Crippen molar-refractivity contribution in [3.63, 3.8) is 0 Å². The number of benzene rings is 1. The van der Waals surface area contributed by atoms with Gasteiger partial charge in [0.15, 0.2) is 0 Å². The first-order valence-corrected chi connectivity index (χ1v) is 4.31. The molecule has 0 aromatic heterocycles. The van der Waals surface area contributed by atoms with Gasteiger partial charge in [0.25, 0.3) is 0 Å². The number of halogens is 1. The number of hydrogen-bond donors (Lipinski definition) is 1. The molecule has 0 fully saturated rings. The van der Waals surface area contributed by atoms with Crippen molar-refractivity contribution in [1.29, 1.82) is 0 Å². The standard InChI is InChI=1S/C11H11FO3/c1-7(10(12)11(13)14)8-5-3-4-6-9(8)15-2/h3-6H,1-2H3,(H,13,14)/b10-7+. The second-order valence-electron chi connectivity index (χ2n) is 2.94. The number of carbonyl (C=O) groups is 1. The van der Waals surface area contributed by atoms with Gasteiger partial charge in [-0.1, -0.05) is 18.2 Å². The molecule has 4 heteroatoms. The van der Waals surface area contributed by atoms with Gasteiger partial charge in [0, 0.05) is 11.1 Å². The molecule has 0 radical (unpaired) electrons. The predicted octanol–water partition coefficient (Wildman–Crippen LogP) is 2.48. The molecule has 1 aromatic rings. The van der Waals surface area contributed by atoms with Crippen LogP contribution in [0, 0.1) is 0 Å². The van der Waals surface area contributed by atoms with E-state index in [1.165, 1.54) is 14.0 Å². The van der Waals surface area contributed by atoms with Crippen LogP contribution in [-0.2, 0) is 4.79 Å². The summed E-state index contributed by atoms with van der Waals surface area (Å²) in [5, 5.41) is 8.50. The Morgan fingerprint density at radius 1 is 1.40 bits per heavy atom. The molecular formula is C11H11FO3. The average Bonchev–Trinajstić information content (AvgIpc) is 2.26. The highest BCUT2D eigenvalue weighted by atomic mass is 19.1. The molecule has 1 aromatic carbocycles. The van der Waals surface area contributed by atoms with Crippen molar-refractivity contribution in [2.45, 2.75) is 6.92 Å². The number of methoxy groups -OCH3 is 1. The first kappa shape index (κ1) is 11.2. The van der Waals surface area contributed by atoms with Crippen molar-refractivity contribution >= 4 is 11.5 Å². The minimum Gasteiger partial charge on any atom is -0.496 e. The Balaban J connectivity index is 3.27. The summed E-state index contributed by atoms with van der Waals surface area (Å²) < 4.78 is 18.1. The van der Waals surface area contributed by atoms with E-state index in [-0.39, 0.29) is 5.57 Å². The van der Waals surface area contributed by atoms with Gasteiger partial charge in [-0.25, -0.2) is 4.79 Å². The summed E-state index contributed by atoms with van der Waals surface area (Å²) in [6.45, 7) is 1.40. The van der Waals surface area contributed by atoms with Crippen LogP contribution in [0.3, 0.4) is 0 Å². The third-order valence-corrected chi connectivity index (χ3v) is 2.03. The Morgan fingerprint density at radius 2 is 2.00 bits per heavy atom.